The second kappa shape index (κ2) is 15.5. The van der Waals surface area contributed by atoms with E-state index in [4.69, 9.17) is 9.47 Å². The van der Waals surface area contributed by atoms with E-state index in [1.54, 1.807) is 18.2 Å². The van der Waals surface area contributed by atoms with Crippen molar-refractivity contribution >= 4 is 29.9 Å². The third-order valence-electron chi connectivity index (χ3n) is 10.5. The molecule has 0 unspecified atom stereocenters. The smallest absolute Gasteiger partial charge is 0.279 e. The summed E-state index contributed by atoms with van der Waals surface area (Å²) in [7, 11) is -0.504. The number of methoxy groups -OCH3 is 1. The number of hydrogen-bond donors (Lipinski definition) is 1. The van der Waals surface area contributed by atoms with Crippen molar-refractivity contribution in [1.82, 2.24) is 14.7 Å². The van der Waals surface area contributed by atoms with Gasteiger partial charge in [0.2, 0.25) is 5.91 Å². The summed E-state index contributed by atoms with van der Waals surface area (Å²) in [6.07, 6.45) is 3.23. The zero-order chi connectivity index (χ0) is 35.3. The molecular formula is C41H47N3O5Si. The van der Waals surface area contributed by atoms with Gasteiger partial charge in [0.15, 0.2) is 0 Å². The monoisotopic (exact) mass is 689 g/mol. The minimum absolute atomic E-state index is 0.00804. The molecule has 50 heavy (non-hydrogen) atoms. The van der Waals surface area contributed by atoms with Crippen LogP contribution in [-0.2, 0) is 22.5 Å². The van der Waals surface area contributed by atoms with Crippen molar-refractivity contribution in [2.45, 2.75) is 63.6 Å². The molecule has 1 fully saturated rings. The molecule has 1 aliphatic heterocycles. The molecule has 1 N–H and O–H groups in total. The number of aliphatic hydroxyl groups excluding tert-OH is 1. The van der Waals surface area contributed by atoms with Crippen LogP contribution in [0.5, 0.6) is 5.75 Å². The largest absolute Gasteiger partial charge is 0.497 e. The molecule has 260 valence electrons. The van der Waals surface area contributed by atoms with E-state index in [1.807, 2.05) is 84.9 Å². The summed E-state index contributed by atoms with van der Waals surface area (Å²) in [6, 6.07) is 33.8. The average molecular weight is 690 g/mol. The third-order valence-corrected chi connectivity index (χ3v) is 14.8. The van der Waals surface area contributed by atoms with E-state index in [2.05, 4.69) is 43.3 Å². The number of aryl methyl sites for hydroxylation is 1. The number of carbonyl (C=O) groups excluding carboxylic acids is 1. The Kier molecular flexibility index (Phi) is 11.0. The second-order valence-corrected chi connectivity index (χ2v) is 18.6. The molecule has 6 rings (SSSR count). The number of fused-ring (bicyclic) bond motifs is 1. The minimum atomic E-state index is -2.18. The van der Waals surface area contributed by atoms with Crippen LogP contribution < -0.4 is 15.5 Å². The van der Waals surface area contributed by atoms with Gasteiger partial charge < -0.3 is 19.5 Å². The van der Waals surface area contributed by atoms with Crippen molar-refractivity contribution in [1.29, 1.82) is 0 Å². The van der Waals surface area contributed by atoms with E-state index in [1.165, 1.54) is 9.87 Å². The van der Waals surface area contributed by atoms with Crippen molar-refractivity contribution in [3.63, 3.8) is 0 Å². The molecule has 5 aromatic rings. The molecule has 0 spiro atoms. The van der Waals surface area contributed by atoms with E-state index < -0.39 is 8.07 Å². The number of aliphatic hydroxyl groups is 1. The fourth-order valence-corrected chi connectivity index (χ4v) is 11.9. The number of benzene rings is 4. The van der Waals surface area contributed by atoms with Gasteiger partial charge >= 0.3 is 0 Å². The summed E-state index contributed by atoms with van der Waals surface area (Å²) in [5.41, 5.74) is 2.90. The maximum Gasteiger partial charge on any atom is 0.279 e. The van der Waals surface area contributed by atoms with E-state index in [9.17, 15) is 14.7 Å². The van der Waals surface area contributed by atoms with Crippen LogP contribution in [0, 0.1) is 5.92 Å². The maximum atomic E-state index is 14.0. The number of nitrogens with zero attached hydrogens (tertiary/aromatic N) is 3. The van der Waals surface area contributed by atoms with Crippen molar-refractivity contribution in [2.24, 2.45) is 5.92 Å². The van der Waals surface area contributed by atoms with Crippen LogP contribution in [0.15, 0.2) is 114 Å². The summed E-state index contributed by atoms with van der Waals surface area (Å²) in [6.45, 7) is 7.66. The molecule has 4 atom stereocenters. The van der Waals surface area contributed by atoms with Gasteiger partial charge in [-0.05, 0) is 65.8 Å². The molecule has 0 aliphatic carbocycles. The Morgan fingerprint density at radius 3 is 2.40 bits per heavy atom. The third kappa shape index (κ3) is 7.60. The summed E-state index contributed by atoms with van der Waals surface area (Å²) in [5.74, 6) is 1.03. The Balaban J connectivity index is 1.24. The lowest BCUT2D eigenvalue weighted by Crippen LogP contribution is -2.51. The van der Waals surface area contributed by atoms with Gasteiger partial charge in [0.25, 0.3) is 5.56 Å². The standard InChI is InChI=1S/C41H47N3O5Si/c1-29-37(22-17-30-13-10-15-33(25-30)44-41(47)36-16-9-8-14-32(36)27-42-44)49-38(40(29)50(3,4)35-20-18-34(48-2)19-21-35)26-39(46)43(23-24-45)28-31-11-6-5-7-12-31/h5-16,18-21,25,27,29,37-38,40,45H,17,22-24,26,28H2,1-4H3/t29-,37+,38-,40+/m1/s1. The van der Waals surface area contributed by atoms with Crippen molar-refractivity contribution in [2.75, 3.05) is 20.3 Å². The molecule has 4 aromatic carbocycles. The Bertz CT molecular complexity index is 1960. The summed E-state index contributed by atoms with van der Waals surface area (Å²) >= 11 is 0. The highest BCUT2D eigenvalue weighted by Gasteiger charge is 2.51. The molecule has 0 bridgehead atoms. The van der Waals surface area contributed by atoms with Crippen LogP contribution in [-0.4, -0.2) is 66.2 Å². The SMILES string of the molecule is COc1ccc([Si](C)(C)[C@H]2[C@H](C)[C@H](CCc3cccc(-n4ncc5ccccc5c4=O)c3)O[C@@H]2CC(=O)N(CCO)Cc2ccccc2)cc1. The highest BCUT2D eigenvalue weighted by Crippen LogP contribution is 2.46. The first kappa shape index (κ1) is 35.3. The van der Waals surface area contributed by atoms with Crippen LogP contribution in [0.2, 0.25) is 18.6 Å². The van der Waals surface area contributed by atoms with Crippen LogP contribution in [0.4, 0.5) is 0 Å². The van der Waals surface area contributed by atoms with Gasteiger partial charge in [-0.25, -0.2) is 0 Å². The molecule has 1 aliphatic rings. The number of carbonyl (C=O) groups is 1. The predicted octanol–water partition coefficient (Wildman–Crippen LogP) is 6.13. The molecular weight excluding hydrogens is 643 g/mol. The van der Waals surface area contributed by atoms with Gasteiger partial charge in [-0.1, -0.05) is 98.0 Å². The predicted molar refractivity (Wildman–Crippen MR) is 201 cm³/mol. The molecule has 1 saturated heterocycles. The van der Waals surface area contributed by atoms with E-state index in [0.29, 0.717) is 11.9 Å². The first-order valence-electron chi connectivity index (χ1n) is 17.5. The van der Waals surface area contributed by atoms with Crippen LogP contribution >= 0.6 is 0 Å². The Labute approximate surface area is 295 Å². The van der Waals surface area contributed by atoms with Gasteiger partial charge in [0.1, 0.15) is 5.75 Å². The lowest BCUT2D eigenvalue weighted by atomic mass is 9.95. The Morgan fingerprint density at radius 1 is 0.940 bits per heavy atom. The first-order chi connectivity index (χ1) is 24.2. The van der Waals surface area contributed by atoms with E-state index >= 15 is 0 Å². The molecule has 8 nitrogen and oxygen atoms in total. The summed E-state index contributed by atoms with van der Waals surface area (Å²) in [5, 5.41) is 17.1. The molecule has 1 aromatic heterocycles. The van der Waals surface area contributed by atoms with Gasteiger partial charge in [-0.2, -0.15) is 9.78 Å². The molecule has 2 heterocycles. The zero-order valence-corrected chi connectivity index (χ0v) is 30.4. The van der Waals surface area contributed by atoms with Crippen molar-refractivity contribution in [3.8, 4) is 11.4 Å². The van der Waals surface area contributed by atoms with Crippen molar-refractivity contribution < 1.29 is 19.4 Å². The fourth-order valence-electron chi connectivity index (χ4n) is 7.79. The summed E-state index contributed by atoms with van der Waals surface area (Å²) < 4.78 is 13.8. The number of ether oxygens (including phenoxy) is 2. The number of amides is 1. The number of hydrogen-bond acceptors (Lipinski definition) is 6. The molecule has 0 radical (unpaired) electrons. The Morgan fingerprint density at radius 2 is 1.66 bits per heavy atom. The quantitative estimate of drug-likeness (QED) is 0.150. The number of rotatable bonds is 13. The second-order valence-electron chi connectivity index (χ2n) is 13.9. The fraction of sp³-hybridized carbons (Fsp3) is 0.341. The van der Waals surface area contributed by atoms with E-state index in [0.717, 1.165) is 40.8 Å². The van der Waals surface area contributed by atoms with Gasteiger partial charge in [0.05, 0.1) is 57.7 Å². The van der Waals surface area contributed by atoms with Gasteiger partial charge in [-0.15, -0.1) is 0 Å². The Hall–Kier alpha value is -4.57. The minimum Gasteiger partial charge on any atom is -0.497 e. The van der Waals surface area contributed by atoms with Crippen LogP contribution in [0.1, 0.15) is 30.9 Å². The zero-order valence-electron chi connectivity index (χ0n) is 29.4. The van der Waals surface area contributed by atoms with Crippen LogP contribution in [0.3, 0.4) is 0 Å². The van der Waals surface area contributed by atoms with Crippen LogP contribution in [0.25, 0.3) is 16.5 Å². The lowest BCUT2D eigenvalue weighted by Gasteiger charge is -2.36. The highest BCUT2D eigenvalue weighted by molar-refractivity contribution is 6.91. The van der Waals surface area contributed by atoms with Crippen molar-refractivity contribution in [3.05, 3.63) is 131 Å². The van der Waals surface area contributed by atoms with E-state index in [-0.39, 0.29) is 54.7 Å². The molecule has 9 heteroatoms. The van der Waals surface area contributed by atoms with Gasteiger partial charge in [-0.3, -0.25) is 9.59 Å². The lowest BCUT2D eigenvalue weighted by molar-refractivity contribution is -0.135. The summed E-state index contributed by atoms with van der Waals surface area (Å²) in [4.78, 5) is 29.0. The highest BCUT2D eigenvalue weighted by atomic mass is 28.3. The molecule has 0 saturated carbocycles. The number of aromatic nitrogens is 2. The average Bonchev–Trinajstić information content (AvgIpc) is 3.45. The van der Waals surface area contributed by atoms with Gasteiger partial charge in [0, 0.05) is 18.5 Å². The maximum absolute atomic E-state index is 14.0. The topological polar surface area (TPSA) is 93.9 Å². The normalized spacial score (nSPS) is 19.1. The first-order valence-corrected chi connectivity index (χ1v) is 20.6. The molecule has 1 amide bonds.